The molecule has 1 atom stereocenters. The molecule has 0 spiro atoms. The molecule has 7 heteroatoms. The molecule has 1 unspecified atom stereocenters. The molecule has 0 saturated heterocycles. The Balaban J connectivity index is 1.99. The van der Waals surface area contributed by atoms with Gasteiger partial charge in [0.15, 0.2) is 5.75 Å². The van der Waals surface area contributed by atoms with E-state index in [0.29, 0.717) is 26.0 Å². The first kappa shape index (κ1) is 29.7. The number of carboxylic acids is 1. The van der Waals surface area contributed by atoms with Gasteiger partial charge in [-0.15, -0.1) is 0 Å². The van der Waals surface area contributed by atoms with Crippen LogP contribution in [0.2, 0.25) is 0 Å². The Hall–Kier alpha value is -3.29. The van der Waals surface area contributed by atoms with Gasteiger partial charge < -0.3 is 19.7 Å². The molecule has 4 aromatic rings. The molecule has 208 valence electrons. The van der Waals surface area contributed by atoms with Gasteiger partial charge >= 0.3 is 5.97 Å². The van der Waals surface area contributed by atoms with E-state index in [-0.39, 0.29) is 24.0 Å². The number of benzene rings is 4. The van der Waals surface area contributed by atoms with Crippen LogP contribution in [0, 0.1) is 13.8 Å². The highest BCUT2D eigenvalue weighted by atomic mass is 79.9. The fourth-order valence-electron chi connectivity index (χ4n) is 4.86. The number of phenols is 1. The van der Waals surface area contributed by atoms with Crippen LogP contribution in [-0.4, -0.2) is 23.3 Å². The van der Waals surface area contributed by atoms with Crippen LogP contribution in [-0.2, 0) is 11.2 Å². The number of aliphatic carboxylic acids is 1. The molecule has 2 N–H and O–H groups in total. The number of methoxy groups -OCH3 is 1. The first-order chi connectivity index (χ1) is 19.0. The van der Waals surface area contributed by atoms with Gasteiger partial charge in [0, 0.05) is 22.6 Å². The summed E-state index contributed by atoms with van der Waals surface area (Å²) in [5.41, 5.74) is 6.26. The first-order valence-corrected chi connectivity index (χ1v) is 14.5. The van der Waals surface area contributed by atoms with Crippen molar-refractivity contribution in [3.8, 4) is 23.0 Å². The summed E-state index contributed by atoms with van der Waals surface area (Å²) in [5.74, 6) is 0.933. The molecule has 0 fully saturated rings. The molecular formula is C33H32Br2O5. The molecule has 0 aliphatic carbocycles. The van der Waals surface area contributed by atoms with E-state index in [1.807, 2.05) is 62.4 Å². The molecule has 4 aromatic carbocycles. The SMILES string of the molecule is COc1cc(C(c2ccccc2)c2cc(C)c(C)cc2O)c(Oc2c(Br)cc(CC(=O)O)cc2Br)cc1C(C)C. The van der Waals surface area contributed by atoms with E-state index in [0.717, 1.165) is 39.1 Å². The zero-order valence-corrected chi connectivity index (χ0v) is 26.3. The number of aryl methyl sites for hydroxylation is 2. The third-order valence-corrected chi connectivity index (χ3v) is 8.19. The Labute approximate surface area is 252 Å². The van der Waals surface area contributed by atoms with E-state index in [4.69, 9.17) is 9.47 Å². The monoisotopic (exact) mass is 666 g/mol. The second-order valence-electron chi connectivity index (χ2n) is 10.2. The minimum atomic E-state index is -0.912. The average molecular weight is 668 g/mol. The summed E-state index contributed by atoms with van der Waals surface area (Å²) in [4.78, 5) is 11.3. The number of aromatic hydroxyl groups is 1. The first-order valence-electron chi connectivity index (χ1n) is 12.9. The van der Waals surface area contributed by atoms with Crippen molar-refractivity contribution in [3.05, 3.63) is 115 Å². The van der Waals surface area contributed by atoms with Crippen molar-refractivity contribution in [1.82, 2.24) is 0 Å². The number of phenolic OH excluding ortho intramolecular Hbond substituents is 1. The van der Waals surface area contributed by atoms with E-state index in [1.54, 1.807) is 25.3 Å². The van der Waals surface area contributed by atoms with Gasteiger partial charge in [0.1, 0.15) is 17.2 Å². The van der Waals surface area contributed by atoms with Crippen LogP contribution in [0.25, 0.3) is 0 Å². The molecule has 0 bridgehead atoms. The van der Waals surface area contributed by atoms with Crippen molar-refractivity contribution in [2.75, 3.05) is 7.11 Å². The second-order valence-corrected chi connectivity index (χ2v) is 11.9. The van der Waals surface area contributed by atoms with Crippen LogP contribution in [0.1, 0.15) is 64.6 Å². The van der Waals surface area contributed by atoms with Gasteiger partial charge in [0.2, 0.25) is 0 Å². The van der Waals surface area contributed by atoms with E-state index in [1.165, 1.54) is 0 Å². The molecule has 0 amide bonds. The third-order valence-electron chi connectivity index (χ3n) is 7.01. The zero-order chi connectivity index (χ0) is 29.1. The number of hydrogen-bond donors (Lipinski definition) is 2. The maximum atomic E-state index is 11.3. The number of carbonyl (C=O) groups is 1. The molecule has 0 radical (unpaired) electrons. The van der Waals surface area contributed by atoms with Gasteiger partial charge in [-0.2, -0.15) is 0 Å². The van der Waals surface area contributed by atoms with Gasteiger partial charge in [-0.3, -0.25) is 4.79 Å². The standard InChI is InChI=1S/C33H32Br2O5/c1-18(2)23-16-30(40-33-26(34)13-21(14-27(33)35)15-31(37)38)25(17-29(23)39-5)32(22-9-7-6-8-10-22)24-11-19(3)20(4)12-28(24)36/h6-14,16-18,32,36H,15H2,1-5H3,(H,37,38). The number of halogens is 2. The fourth-order valence-corrected chi connectivity index (χ4v) is 6.30. The summed E-state index contributed by atoms with van der Waals surface area (Å²) in [7, 11) is 1.66. The minimum absolute atomic E-state index is 0.106. The van der Waals surface area contributed by atoms with E-state index in [9.17, 15) is 15.0 Å². The summed E-state index contributed by atoms with van der Waals surface area (Å²) in [5, 5.41) is 20.5. The molecule has 0 saturated carbocycles. The molecule has 0 aliphatic heterocycles. The highest BCUT2D eigenvalue weighted by Crippen LogP contribution is 2.48. The van der Waals surface area contributed by atoms with Crippen molar-refractivity contribution >= 4 is 37.8 Å². The molecule has 4 rings (SSSR count). The lowest BCUT2D eigenvalue weighted by Gasteiger charge is -2.26. The summed E-state index contributed by atoms with van der Waals surface area (Å²) < 4.78 is 13.8. The van der Waals surface area contributed by atoms with Crippen LogP contribution >= 0.6 is 31.9 Å². The normalized spacial score (nSPS) is 11.9. The predicted molar refractivity (Wildman–Crippen MR) is 165 cm³/mol. The van der Waals surface area contributed by atoms with Crippen LogP contribution in [0.15, 0.2) is 75.7 Å². The number of ether oxygens (including phenoxy) is 2. The second kappa shape index (κ2) is 12.5. The van der Waals surface area contributed by atoms with Crippen LogP contribution in [0.5, 0.6) is 23.0 Å². The van der Waals surface area contributed by atoms with Crippen LogP contribution < -0.4 is 9.47 Å². The van der Waals surface area contributed by atoms with Gasteiger partial charge in [0.25, 0.3) is 0 Å². The summed E-state index contributed by atoms with van der Waals surface area (Å²) in [6.45, 7) is 8.21. The zero-order valence-electron chi connectivity index (χ0n) is 23.1. The fraction of sp³-hybridized carbons (Fsp3) is 0.242. The topological polar surface area (TPSA) is 76.0 Å². The Bertz CT molecular complexity index is 1520. The minimum Gasteiger partial charge on any atom is -0.508 e. The lowest BCUT2D eigenvalue weighted by Crippen LogP contribution is -2.09. The Morgan fingerprint density at radius 3 is 2.02 bits per heavy atom. The van der Waals surface area contributed by atoms with Gasteiger partial charge in [-0.1, -0.05) is 50.2 Å². The van der Waals surface area contributed by atoms with E-state index < -0.39 is 5.97 Å². The van der Waals surface area contributed by atoms with Crippen LogP contribution in [0.3, 0.4) is 0 Å². The number of rotatable bonds is 9. The van der Waals surface area contributed by atoms with E-state index in [2.05, 4.69) is 45.7 Å². The molecule has 40 heavy (non-hydrogen) atoms. The molecule has 0 aromatic heterocycles. The van der Waals surface area contributed by atoms with Crippen molar-refractivity contribution in [3.63, 3.8) is 0 Å². The smallest absolute Gasteiger partial charge is 0.307 e. The van der Waals surface area contributed by atoms with Crippen molar-refractivity contribution in [2.24, 2.45) is 0 Å². The van der Waals surface area contributed by atoms with Crippen molar-refractivity contribution < 1.29 is 24.5 Å². The average Bonchev–Trinajstić information content (AvgIpc) is 2.89. The maximum absolute atomic E-state index is 11.3. The summed E-state index contributed by atoms with van der Waals surface area (Å²) in [6, 6.07) is 21.3. The Morgan fingerprint density at radius 1 is 0.850 bits per heavy atom. The molecular weight excluding hydrogens is 636 g/mol. The number of carboxylic acid groups (broad SMARTS) is 1. The van der Waals surface area contributed by atoms with Crippen molar-refractivity contribution in [2.45, 2.75) is 46.0 Å². The lowest BCUT2D eigenvalue weighted by molar-refractivity contribution is -0.136. The number of hydrogen-bond acceptors (Lipinski definition) is 4. The Morgan fingerprint density at radius 2 is 1.45 bits per heavy atom. The van der Waals surface area contributed by atoms with Crippen molar-refractivity contribution in [1.29, 1.82) is 0 Å². The summed E-state index contributed by atoms with van der Waals surface area (Å²) in [6.07, 6.45) is -0.106. The summed E-state index contributed by atoms with van der Waals surface area (Å²) >= 11 is 7.18. The molecule has 5 nitrogen and oxygen atoms in total. The van der Waals surface area contributed by atoms with E-state index >= 15 is 0 Å². The highest BCUT2D eigenvalue weighted by Gasteiger charge is 2.27. The third kappa shape index (κ3) is 6.37. The van der Waals surface area contributed by atoms with Gasteiger partial charge in [-0.05, 0) is 104 Å². The van der Waals surface area contributed by atoms with Crippen LogP contribution in [0.4, 0.5) is 0 Å². The maximum Gasteiger partial charge on any atom is 0.307 e. The quantitative estimate of drug-likeness (QED) is 0.174. The predicted octanol–water partition coefficient (Wildman–Crippen LogP) is 9.27. The highest BCUT2D eigenvalue weighted by molar-refractivity contribution is 9.11. The Kier molecular flexibility index (Phi) is 9.26. The van der Waals surface area contributed by atoms with Gasteiger partial charge in [-0.25, -0.2) is 0 Å². The largest absolute Gasteiger partial charge is 0.508 e. The molecule has 0 aliphatic rings. The van der Waals surface area contributed by atoms with Gasteiger partial charge in [0.05, 0.1) is 22.5 Å². The molecule has 0 heterocycles. The lowest BCUT2D eigenvalue weighted by atomic mass is 9.82.